The van der Waals surface area contributed by atoms with Gasteiger partial charge in [-0.05, 0) is 50.0 Å². The third-order valence-electron chi connectivity index (χ3n) is 4.78. The number of nitrogens with zero attached hydrogens (tertiary/aromatic N) is 1. The second-order valence-electron chi connectivity index (χ2n) is 6.46. The van der Waals surface area contributed by atoms with Crippen molar-refractivity contribution >= 4 is 15.9 Å². The van der Waals surface area contributed by atoms with Crippen LogP contribution in [0.5, 0.6) is 0 Å². The third-order valence-corrected chi connectivity index (χ3v) is 5.28. The van der Waals surface area contributed by atoms with Crippen molar-refractivity contribution in [3.8, 4) is 0 Å². The standard InChI is InChI=1S/C17H25BrN2/c18-16-7-4-6-15(12-16)13-20-11-5-10-19-17(14-20)8-2-1-3-9-17/h4,6-7,12,19H,1-3,5,8-11,13-14H2. The van der Waals surface area contributed by atoms with Crippen molar-refractivity contribution < 1.29 is 0 Å². The van der Waals surface area contributed by atoms with Crippen molar-refractivity contribution in [2.45, 2.75) is 50.6 Å². The van der Waals surface area contributed by atoms with Gasteiger partial charge in [0, 0.05) is 23.1 Å². The monoisotopic (exact) mass is 336 g/mol. The maximum atomic E-state index is 3.87. The predicted molar refractivity (Wildman–Crippen MR) is 87.9 cm³/mol. The lowest BCUT2D eigenvalue weighted by Gasteiger charge is -2.40. The Labute approximate surface area is 131 Å². The quantitative estimate of drug-likeness (QED) is 0.879. The molecule has 1 aliphatic heterocycles. The van der Waals surface area contributed by atoms with Crippen LogP contribution in [-0.4, -0.2) is 30.1 Å². The summed E-state index contributed by atoms with van der Waals surface area (Å²) < 4.78 is 1.19. The van der Waals surface area contributed by atoms with Gasteiger partial charge in [0.2, 0.25) is 0 Å². The van der Waals surface area contributed by atoms with Gasteiger partial charge < -0.3 is 5.32 Å². The summed E-state index contributed by atoms with van der Waals surface area (Å²) in [5, 5.41) is 3.87. The van der Waals surface area contributed by atoms with Crippen molar-refractivity contribution in [3.05, 3.63) is 34.3 Å². The van der Waals surface area contributed by atoms with Crippen LogP contribution in [0.25, 0.3) is 0 Å². The van der Waals surface area contributed by atoms with Gasteiger partial charge in [-0.1, -0.05) is 47.3 Å². The molecule has 0 unspecified atom stereocenters. The second kappa shape index (κ2) is 6.59. The fourth-order valence-electron chi connectivity index (χ4n) is 3.81. The number of benzene rings is 1. The highest BCUT2D eigenvalue weighted by molar-refractivity contribution is 9.10. The number of hydrogen-bond donors (Lipinski definition) is 1. The van der Waals surface area contributed by atoms with E-state index < -0.39 is 0 Å². The van der Waals surface area contributed by atoms with Crippen LogP contribution >= 0.6 is 15.9 Å². The highest BCUT2D eigenvalue weighted by atomic mass is 79.9. The molecular formula is C17H25BrN2. The first-order chi connectivity index (χ1) is 9.76. The summed E-state index contributed by atoms with van der Waals surface area (Å²) in [4.78, 5) is 2.66. The van der Waals surface area contributed by atoms with Crippen molar-refractivity contribution in [1.82, 2.24) is 10.2 Å². The molecule has 0 atom stereocenters. The fraction of sp³-hybridized carbons (Fsp3) is 0.647. The Kier molecular flexibility index (Phi) is 4.79. The lowest BCUT2D eigenvalue weighted by atomic mass is 9.81. The van der Waals surface area contributed by atoms with Crippen LogP contribution in [0.4, 0.5) is 0 Å². The Bertz CT molecular complexity index is 440. The van der Waals surface area contributed by atoms with Crippen molar-refractivity contribution in [1.29, 1.82) is 0 Å². The van der Waals surface area contributed by atoms with Gasteiger partial charge in [-0.15, -0.1) is 0 Å². The number of hydrogen-bond acceptors (Lipinski definition) is 2. The largest absolute Gasteiger partial charge is 0.310 e. The first-order valence-electron chi connectivity index (χ1n) is 7.98. The summed E-state index contributed by atoms with van der Waals surface area (Å²) in [6, 6.07) is 8.75. The highest BCUT2D eigenvalue weighted by Crippen LogP contribution is 2.30. The molecule has 1 aromatic rings. The van der Waals surface area contributed by atoms with E-state index in [1.54, 1.807) is 0 Å². The molecule has 0 amide bonds. The Morgan fingerprint density at radius 3 is 2.80 bits per heavy atom. The van der Waals surface area contributed by atoms with Gasteiger partial charge in [-0.25, -0.2) is 0 Å². The van der Waals surface area contributed by atoms with Gasteiger partial charge in [0.25, 0.3) is 0 Å². The molecule has 2 aliphatic rings. The average molecular weight is 337 g/mol. The minimum atomic E-state index is 0.404. The normalized spacial score (nSPS) is 23.6. The summed E-state index contributed by atoms with van der Waals surface area (Å²) in [7, 11) is 0. The fourth-order valence-corrected chi connectivity index (χ4v) is 4.26. The van der Waals surface area contributed by atoms with Crippen LogP contribution in [0, 0.1) is 0 Å². The zero-order valence-electron chi connectivity index (χ0n) is 12.2. The van der Waals surface area contributed by atoms with Crippen LogP contribution < -0.4 is 5.32 Å². The van der Waals surface area contributed by atoms with Crippen LogP contribution in [0.15, 0.2) is 28.7 Å². The Morgan fingerprint density at radius 2 is 2.00 bits per heavy atom. The Balaban J connectivity index is 1.68. The van der Waals surface area contributed by atoms with Gasteiger partial charge in [-0.3, -0.25) is 4.90 Å². The van der Waals surface area contributed by atoms with E-state index in [4.69, 9.17) is 0 Å². The molecule has 20 heavy (non-hydrogen) atoms. The average Bonchev–Trinajstić information content (AvgIpc) is 2.62. The van der Waals surface area contributed by atoms with E-state index in [0.29, 0.717) is 5.54 Å². The molecule has 1 spiro atoms. The molecule has 0 bridgehead atoms. The molecule has 0 aromatic heterocycles. The molecule has 1 saturated heterocycles. The van der Waals surface area contributed by atoms with Crippen LogP contribution in [0.3, 0.4) is 0 Å². The topological polar surface area (TPSA) is 15.3 Å². The second-order valence-corrected chi connectivity index (χ2v) is 7.38. The van der Waals surface area contributed by atoms with Gasteiger partial charge in [0.15, 0.2) is 0 Å². The summed E-state index contributed by atoms with van der Waals surface area (Å²) in [5.41, 5.74) is 1.83. The van der Waals surface area contributed by atoms with Gasteiger partial charge in [0.1, 0.15) is 0 Å². The third kappa shape index (κ3) is 3.63. The molecule has 2 nitrogen and oxygen atoms in total. The van der Waals surface area contributed by atoms with Crippen molar-refractivity contribution in [3.63, 3.8) is 0 Å². The van der Waals surface area contributed by atoms with E-state index in [2.05, 4.69) is 50.4 Å². The smallest absolute Gasteiger partial charge is 0.0308 e. The number of halogens is 1. The molecule has 110 valence electrons. The molecule has 0 radical (unpaired) electrons. The summed E-state index contributed by atoms with van der Waals surface area (Å²) >= 11 is 3.58. The zero-order chi connectivity index (χ0) is 13.8. The summed E-state index contributed by atoms with van der Waals surface area (Å²) in [6.45, 7) is 4.72. The first kappa shape index (κ1) is 14.6. The molecule has 1 aliphatic carbocycles. The van der Waals surface area contributed by atoms with Crippen molar-refractivity contribution in [2.75, 3.05) is 19.6 Å². The highest BCUT2D eigenvalue weighted by Gasteiger charge is 2.34. The number of nitrogens with one attached hydrogen (secondary N) is 1. The van der Waals surface area contributed by atoms with E-state index in [0.717, 1.165) is 6.54 Å². The lowest BCUT2D eigenvalue weighted by molar-refractivity contribution is 0.159. The van der Waals surface area contributed by atoms with E-state index in [-0.39, 0.29) is 0 Å². The van der Waals surface area contributed by atoms with Gasteiger partial charge in [0.05, 0.1) is 0 Å². The maximum absolute atomic E-state index is 3.87. The van der Waals surface area contributed by atoms with E-state index in [1.165, 1.54) is 68.2 Å². The van der Waals surface area contributed by atoms with E-state index in [1.807, 2.05) is 0 Å². The molecule has 3 heteroatoms. The Hall–Kier alpha value is -0.380. The summed E-state index contributed by atoms with van der Waals surface area (Å²) in [5.74, 6) is 0. The van der Waals surface area contributed by atoms with Crippen LogP contribution in [-0.2, 0) is 6.54 Å². The predicted octanol–water partition coefficient (Wildman–Crippen LogP) is 3.95. The van der Waals surface area contributed by atoms with Crippen LogP contribution in [0.1, 0.15) is 44.1 Å². The maximum Gasteiger partial charge on any atom is 0.0308 e. The van der Waals surface area contributed by atoms with Gasteiger partial charge >= 0.3 is 0 Å². The lowest BCUT2D eigenvalue weighted by Crippen LogP contribution is -2.52. The Morgan fingerprint density at radius 1 is 1.15 bits per heavy atom. The molecule has 3 rings (SSSR count). The molecule has 1 heterocycles. The van der Waals surface area contributed by atoms with E-state index in [9.17, 15) is 0 Å². The van der Waals surface area contributed by atoms with E-state index >= 15 is 0 Å². The first-order valence-corrected chi connectivity index (χ1v) is 8.77. The van der Waals surface area contributed by atoms with Crippen LogP contribution in [0.2, 0.25) is 0 Å². The minimum Gasteiger partial charge on any atom is -0.310 e. The zero-order valence-corrected chi connectivity index (χ0v) is 13.8. The summed E-state index contributed by atoms with van der Waals surface area (Å²) in [6.07, 6.45) is 8.23. The molecule has 1 N–H and O–H groups in total. The van der Waals surface area contributed by atoms with Crippen molar-refractivity contribution in [2.24, 2.45) is 0 Å². The van der Waals surface area contributed by atoms with Gasteiger partial charge in [-0.2, -0.15) is 0 Å². The molecule has 1 saturated carbocycles. The SMILES string of the molecule is Brc1cccc(CN2CCCNC3(CCCCC3)C2)c1. The molecule has 2 fully saturated rings. The molecular weight excluding hydrogens is 312 g/mol. The minimum absolute atomic E-state index is 0.404. The molecule has 1 aromatic carbocycles. The number of rotatable bonds is 2.